The summed E-state index contributed by atoms with van der Waals surface area (Å²) in [7, 11) is 0. The van der Waals surface area contributed by atoms with Crippen molar-refractivity contribution in [3.8, 4) is 0 Å². The maximum Gasteiger partial charge on any atom is 0.416 e. The van der Waals surface area contributed by atoms with Crippen molar-refractivity contribution in [2.75, 3.05) is 0 Å². The summed E-state index contributed by atoms with van der Waals surface area (Å²) in [5, 5.41) is 0. The molecule has 0 fully saturated rings. The van der Waals surface area contributed by atoms with Crippen LogP contribution in [0.5, 0.6) is 0 Å². The third kappa shape index (κ3) is 2.97. The van der Waals surface area contributed by atoms with E-state index in [0.717, 1.165) is 6.07 Å². The second-order valence-corrected chi connectivity index (χ2v) is 4.30. The topological polar surface area (TPSA) is 0 Å². The molecule has 0 aliphatic heterocycles. The highest BCUT2D eigenvalue weighted by Gasteiger charge is 2.31. The highest BCUT2D eigenvalue weighted by atomic mass is 19.4. The van der Waals surface area contributed by atoms with Crippen molar-refractivity contribution < 1.29 is 17.6 Å². The van der Waals surface area contributed by atoms with Crippen LogP contribution in [0.1, 0.15) is 37.8 Å². The minimum Gasteiger partial charge on any atom is -0.207 e. The monoisotopic (exact) mass is 234 g/mol. The second kappa shape index (κ2) is 4.44. The van der Waals surface area contributed by atoms with Crippen LogP contribution in [0.2, 0.25) is 0 Å². The highest BCUT2D eigenvalue weighted by molar-refractivity contribution is 5.29. The molecule has 0 nitrogen and oxygen atoms in total. The molecule has 0 saturated heterocycles. The molecule has 0 amide bonds. The van der Waals surface area contributed by atoms with Gasteiger partial charge in [0, 0.05) is 0 Å². The van der Waals surface area contributed by atoms with Gasteiger partial charge in [0.2, 0.25) is 0 Å². The molecule has 4 heteroatoms. The molecule has 0 saturated carbocycles. The van der Waals surface area contributed by atoms with E-state index in [1.807, 2.05) is 13.8 Å². The van der Waals surface area contributed by atoms with E-state index in [4.69, 9.17) is 0 Å². The van der Waals surface area contributed by atoms with Gasteiger partial charge >= 0.3 is 6.18 Å². The summed E-state index contributed by atoms with van der Waals surface area (Å²) in [6.07, 6.45) is -4.49. The van der Waals surface area contributed by atoms with E-state index in [2.05, 4.69) is 0 Å². The van der Waals surface area contributed by atoms with Gasteiger partial charge in [-0.1, -0.05) is 20.8 Å². The fourth-order valence-electron chi connectivity index (χ4n) is 1.42. The minimum absolute atomic E-state index is 0.100. The lowest BCUT2D eigenvalue weighted by atomic mass is 9.89. The van der Waals surface area contributed by atoms with Gasteiger partial charge in [-0.05, 0) is 35.6 Å². The number of halogens is 4. The van der Waals surface area contributed by atoms with Gasteiger partial charge in [-0.3, -0.25) is 0 Å². The number of hydrogen-bond donors (Lipinski definition) is 0. The molecular weight excluding hydrogens is 220 g/mol. The maximum atomic E-state index is 13.1. The van der Waals surface area contributed by atoms with Crippen LogP contribution in [-0.4, -0.2) is 0 Å². The molecule has 90 valence electrons. The smallest absolute Gasteiger partial charge is 0.207 e. The molecule has 0 N–H and O–H groups in total. The summed E-state index contributed by atoms with van der Waals surface area (Å²) >= 11 is 0. The number of benzene rings is 1. The zero-order valence-electron chi connectivity index (χ0n) is 9.40. The zero-order valence-corrected chi connectivity index (χ0v) is 9.40. The molecule has 0 radical (unpaired) electrons. The third-order valence-electron chi connectivity index (χ3n) is 2.77. The Morgan fingerprint density at radius 3 is 2.00 bits per heavy atom. The predicted octanol–water partition coefficient (Wildman–Crippen LogP) is 4.60. The van der Waals surface area contributed by atoms with Gasteiger partial charge in [-0.25, -0.2) is 4.39 Å². The molecule has 16 heavy (non-hydrogen) atoms. The fourth-order valence-corrected chi connectivity index (χ4v) is 1.42. The first kappa shape index (κ1) is 13.0. The Kier molecular flexibility index (Phi) is 3.61. The first-order valence-electron chi connectivity index (χ1n) is 5.09. The van der Waals surface area contributed by atoms with E-state index in [0.29, 0.717) is 11.6 Å². The molecule has 0 bridgehead atoms. The highest BCUT2D eigenvalue weighted by Crippen LogP contribution is 2.33. The van der Waals surface area contributed by atoms with Crippen LogP contribution in [0, 0.1) is 11.7 Å². The Morgan fingerprint density at radius 1 is 1.00 bits per heavy atom. The molecule has 0 spiro atoms. The van der Waals surface area contributed by atoms with Crippen molar-refractivity contribution in [1.82, 2.24) is 0 Å². The Bertz CT molecular complexity index is 366. The van der Waals surface area contributed by atoms with Crippen molar-refractivity contribution >= 4 is 0 Å². The van der Waals surface area contributed by atoms with E-state index in [9.17, 15) is 17.6 Å². The normalized spacial score (nSPS) is 14.2. The van der Waals surface area contributed by atoms with E-state index in [1.54, 1.807) is 6.92 Å². The van der Waals surface area contributed by atoms with Gasteiger partial charge in [0.05, 0.1) is 5.56 Å². The van der Waals surface area contributed by atoms with E-state index < -0.39 is 17.6 Å². The first-order chi connectivity index (χ1) is 7.21. The van der Waals surface area contributed by atoms with E-state index in [1.165, 1.54) is 6.07 Å². The van der Waals surface area contributed by atoms with Crippen LogP contribution in [0.4, 0.5) is 17.6 Å². The third-order valence-corrected chi connectivity index (χ3v) is 2.77. The second-order valence-electron chi connectivity index (χ2n) is 4.30. The van der Waals surface area contributed by atoms with Crippen molar-refractivity contribution in [3.63, 3.8) is 0 Å². The Labute approximate surface area is 92.3 Å². The van der Waals surface area contributed by atoms with Crippen molar-refractivity contribution in [1.29, 1.82) is 0 Å². The predicted molar refractivity (Wildman–Crippen MR) is 54.7 cm³/mol. The molecule has 1 rings (SSSR count). The van der Waals surface area contributed by atoms with Crippen LogP contribution in [-0.2, 0) is 6.18 Å². The van der Waals surface area contributed by atoms with Crippen LogP contribution in [0.25, 0.3) is 0 Å². The molecule has 0 aliphatic carbocycles. The molecule has 1 atom stereocenters. The largest absolute Gasteiger partial charge is 0.416 e. The van der Waals surface area contributed by atoms with Gasteiger partial charge in [0.15, 0.2) is 0 Å². The molecule has 1 aromatic carbocycles. The summed E-state index contributed by atoms with van der Waals surface area (Å²) < 4.78 is 50.4. The average Bonchev–Trinajstić information content (AvgIpc) is 2.14. The molecule has 0 aromatic heterocycles. The van der Waals surface area contributed by atoms with Crippen LogP contribution >= 0.6 is 0 Å². The molecular formula is C12H14F4. The van der Waals surface area contributed by atoms with E-state index in [-0.39, 0.29) is 11.8 Å². The zero-order chi connectivity index (χ0) is 12.5. The van der Waals surface area contributed by atoms with Gasteiger partial charge in [-0.2, -0.15) is 13.2 Å². The van der Waals surface area contributed by atoms with Gasteiger partial charge in [0.1, 0.15) is 5.82 Å². The lowest BCUT2D eigenvalue weighted by molar-refractivity contribution is -0.137. The first-order valence-corrected chi connectivity index (χ1v) is 5.09. The Morgan fingerprint density at radius 2 is 1.56 bits per heavy atom. The van der Waals surface area contributed by atoms with Gasteiger partial charge < -0.3 is 0 Å². The fraction of sp³-hybridized carbons (Fsp3) is 0.500. The summed E-state index contributed by atoms with van der Waals surface area (Å²) in [5.74, 6) is -0.767. The SMILES string of the molecule is CC(C)[C@H](C)c1cc(F)cc(C(F)(F)F)c1. The molecule has 1 aromatic rings. The molecule has 0 unspecified atom stereocenters. The number of alkyl halides is 3. The van der Waals surface area contributed by atoms with Crippen molar-refractivity contribution in [2.24, 2.45) is 5.92 Å². The molecule has 0 heterocycles. The van der Waals surface area contributed by atoms with Crippen molar-refractivity contribution in [3.05, 3.63) is 35.1 Å². The number of hydrogen-bond acceptors (Lipinski definition) is 0. The summed E-state index contributed by atoms with van der Waals surface area (Å²) in [5.41, 5.74) is -0.530. The summed E-state index contributed by atoms with van der Waals surface area (Å²) in [6.45, 7) is 5.57. The van der Waals surface area contributed by atoms with Gasteiger partial charge in [-0.15, -0.1) is 0 Å². The average molecular weight is 234 g/mol. The summed E-state index contributed by atoms with van der Waals surface area (Å²) in [6, 6.07) is 2.71. The molecule has 0 aliphatic rings. The Balaban J connectivity index is 3.18. The summed E-state index contributed by atoms with van der Waals surface area (Å²) in [4.78, 5) is 0. The van der Waals surface area contributed by atoms with Crippen molar-refractivity contribution in [2.45, 2.75) is 32.9 Å². The van der Waals surface area contributed by atoms with Crippen LogP contribution in [0.15, 0.2) is 18.2 Å². The maximum absolute atomic E-state index is 13.1. The standard InChI is InChI=1S/C12H14F4/c1-7(2)8(3)9-4-10(12(14,15)16)6-11(13)5-9/h4-8H,1-3H3/t8-/m0/s1. The van der Waals surface area contributed by atoms with E-state index >= 15 is 0 Å². The minimum atomic E-state index is -4.49. The van der Waals surface area contributed by atoms with Crippen LogP contribution in [0.3, 0.4) is 0 Å². The number of rotatable bonds is 2. The lowest BCUT2D eigenvalue weighted by Crippen LogP contribution is -2.09. The quantitative estimate of drug-likeness (QED) is 0.656. The lowest BCUT2D eigenvalue weighted by Gasteiger charge is -2.17. The van der Waals surface area contributed by atoms with Gasteiger partial charge in [0.25, 0.3) is 0 Å². The Hall–Kier alpha value is -1.06. The van der Waals surface area contributed by atoms with Crippen LogP contribution < -0.4 is 0 Å².